The molecular formula is C61H85F6N5O6. The number of carbonyl (C=O) groups excluding carboxylic acids is 6. The Bertz CT molecular complexity index is 2290. The molecule has 0 spiro atoms. The van der Waals surface area contributed by atoms with E-state index in [9.17, 15) is 55.1 Å². The maximum atomic E-state index is 13.3. The van der Waals surface area contributed by atoms with Crippen molar-refractivity contribution in [1.29, 1.82) is 0 Å². The van der Waals surface area contributed by atoms with Crippen molar-refractivity contribution in [3.63, 3.8) is 0 Å². The van der Waals surface area contributed by atoms with E-state index in [1.165, 1.54) is 0 Å². The van der Waals surface area contributed by atoms with Gasteiger partial charge in [0.25, 0.3) is 0 Å². The summed E-state index contributed by atoms with van der Waals surface area (Å²) < 4.78 is 79.8. The molecule has 3 unspecified atom stereocenters. The van der Waals surface area contributed by atoms with E-state index in [4.69, 9.17) is 0 Å². The van der Waals surface area contributed by atoms with Crippen LogP contribution >= 0.6 is 0 Å². The van der Waals surface area contributed by atoms with Crippen LogP contribution in [0.5, 0.6) is 0 Å². The Morgan fingerprint density at radius 2 is 0.769 bits per heavy atom. The lowest BCUT2D eigenvalue weighted by Crippen LogP contribution is -2.39. The van der Waals surface area contributed by atoms with E-state index in [0.717, 1.165) is 16.7 Å². The van der Waals surface area contributed by atoms with Crippen molar-refractivity contribution in [3.05, 3.63) is 108 Å². The Kier molecular flexibility index (Phi) is 26.5. The SMILES string of the molecule is CC(C)C(=O)CC(NC(=O)C1CCC(F)(F)CC1)c1ccccc1.CC(C)C(=O)CNCCC(NC(=O)C1CCC(F)(F)CC1)c1ccccc1.CC(C)CC(=O)NCCC(NC(=O)C1CCC(F)(F)CC1)c1ccccc1. The van der Waals surface area contributed by atoms with Crippen LogP contribution in [0.1, 0.15) is 179 Å². The maximum absolute atomic E-state index is 13.3. The molecule has 17 heteroatoms. The Morgan fingerprint density at radius 1 is 0.449 bits per heavy atom. The van der Waals surface area contributed by atoms with Crippen LogP contribution in [-0.4, -0.2) is 72.6 Å². The van der Waals surface area contributed by atoms with Gasteiger partial charge in [-0.15, -0.1) is 0 Å². The zero-order valence-corrected chi connectivity index (χ0v) is 46.5. The summed E-state index contributed by atoms with van der Waals surface area (Å²) >= 11 is 0. The quantitative estimate of drug-likeness (QED) is 0.0466. The molecule has 0 aliphatic heterocycles. The summed E-state index contributed by atoms with van der Waals surface area (Å²) in [4.78, 5) is 73.3. The van der Waals surface area contributed by atoms with E-state index in [0.29, 0.717) is 44.8 Å². The standard InChI is InChI=1S/2C21H30F2N2O2.C19H25F2NO2/c1-15(2)19(26)14-24-13-10-18(16-6-4-3-5-7-16)25-20(27)17-8-11-21(22,23)12-9-17;1-15(2)14-19(26)24-13-10-18(16-6-4-3-5-7-16)25-20(27)17-8-11-21(22,23)12-9-17;1-13(2)17(23)12-16(14-6-4-3-5-7-14)22-18(24)15-8-10-19(20,21)11-9-15/h3-7,15,17-18,24H,8-14H2,1-2H3,(H,25,27);3-7,15,17-18H,8-14H2,1-2H3,(H,24,26)(H,25,27);3-7,13,15-16H,8-12H2,1-2H3,(H,22,24). The first-order chi connectivity index (χ1) is 36.8. The average molecular weight is 1100 g/mol. The van der Waals surface area contributed by atoms with Crippen LogP contribution in [0.3, 0.4) is 0 Å². The Balaban J connectivity index is 0.000000253. The maximum Gasteiger partial charge on any atom is 0.248 e. The molecule has 432 valence electrons. The zero-order valence-electron chi connectivity index (χ0n) is 46.5. The summed E-state index contributed by atoms with van der Waals surface area (Å²) in [6, 6.07) is 27.6. The van der Waals surface area contributed by atoms with Crippen molar-refractivity contribution in [2.24, 2.45) is 35.5 Å². The molecule has 3 saturated carbocycles. The van der Waals surface area contributed by atoms with Gasteiger partial charge in [0.05, 0.1) is 24.7 Å². The number of hydrogen-bond acceptors (Lipinski definition) is 7. The van der Waals surface area contributed by atoms with Crippen molar-refractivity contribution < 1.29 is 55.1 Å². The molecular weight excluding hydrogens is 1010 g/mol. The van der Waals surface area contributed by atoms with E-state index in [1.54, 1.807) is 0 Å². The molecule has 0 aromatic heterocycles. The van der Waals surface area contributed by atoms with Crippen molar-refractivity contribution in [3.8, 4) is 0 Å². The van der Waals surface area contributed by atoms with Crippen LogP contribution < -0.4 is 26.6 Å². The number of benzene rings is 3. The topological polar surface area (TPSA) is 163 Å². The van der Waals surface area contributed by atoms with E-state index < -0.39 is 29.7 Å². The van der Waals surface area contributed by atoms with Gasteiger partial charge in [-0.25, -0.2) is 26.3 Å². The molecule has 6 rings (SSSR count). The first kappa shape index (κ1) is 64.9. The van der Waals surface area contributed by atoms with E-state index in [1.807, 2.05) is 133 Å². The van der Waals surface area contributed by atoms with Gasteiger partial charge in [0, 0.05) is 87.5 Å². The minimum Gasteiger partial charge on any atom is -0.356 e. The van der Waals surface area contributed by atoms with Crippen molar-refractivity contribution in [2.45, 2.75) is 180 Å². The fourth-order valence-corrected chi connectivity index (χ4v) is 9.63. The average Bonchev–Trinajstić information content (AvgIpc) is 3.40. The third-order valence-electron chi connectivity index (χ3n) is 14.8. The fourth-order valence-electron chi connectivity index (χ4n) is 9.63. The van der Waals surface area contributed by atoms with E-state index in [-0.39, 0.29) is 154 Å². The largest absolute Gasteiger partial charge is 0.356 e. The van der Waals surface area contributed by atoms with Gasteiger partial charge in [-0.05, 0) is 80.5 Å². The normalized spacial score (nSPS) is 18.4. The Hall–Kier alpha value is -5.58. The van der Waals surface area contributed by atoms with E-state index in [2.05, 4.69) is 26.6 Å². The third kappa shape index (κ3) is 23.8. The summed E-state index contributed by atoms with van der Waals surface area (Å²) in [5.41, 5.74) is 2.79. The predicted octanol–water partition coefficient (Wildman–Crippen LogP) is 12.4. The van der Waals surface area contributed by atoms with Gasteiger partial charge in [-0.3, -0.25) is 28.8 Å². The van der Waals surface area contributed by atoms with Gasteiger partial charge in [0.1, 0.15) is 11.6 Å². The lowest BCUT2D eigenvalue weighted by atomic mass is 9.85. The van der Waals surface area contributed by atoms with Crippen molar-refractivity contribution in [1.82, 2.24) is 26.6 Å². The van der Waals surface area contributed by atoms with Gasteiger partial charge in [0.2, 0.25) is 41.4 Å². The van der Waals surface area contributed by atoms with Gasteiger partial charge >= 0.3 is 0 Å². The molecule has 3 aliphatic rings. The Morgan fingerprint density at radius 3 is 1.10 bits per heavy atom. The fraction of sp³-hybridized carbons (Fsp3) is 0.607. The highest BCUT2D eigenvalue weighted by Gasteiger charge is 2.40. The van der Waals surface area contributed by atoms with Crippen LogP contribution in [-0.2, 0) is 28.8 Å². The number of ketones is 2. The lowest BCUT2D eigenvalue weighted by Gasteiger charge is -2.29. The Labute approximate surface area is 458 Å². The van der Waals surface area contributed by atoms with Crippen LogP contribution in [0, 0.1) is 35.5 Å². The second-order valence-electron chi connectivity index (χ2n) is 22.5. The minimum atomic E-state index is -2.65. The van der Waals surface area contributed by atoms with Gasteiger partial charge < -0.3 is 26.6 Å². The number of alkyl halides is 6. The van der Waals surface area contributed by atoms with Gasteiger partial charge in [-0.1, -0.05) is 133 Å². The molecule has 0 heterocycles. The molecule has 3 aromatic rings. The minimum absolute atomic E-state index is 0.00218. The third-order valence-corrected chi connectivity index (χ3v) is 14.8. The molecule has 3 aromatic carbocycles. The van der Waals surface area contributed by atoms with Gasteiger partial charge in [0.15, 0.2) is 0 Å². The number of amides is 4. The van der Waals surface area contributed by atoms with Crippen LogP contribution in [0.25, 0.3) is 0 Å². The highest BCUT2D eigenvalue weighted by Crippen LogP contribution is 2.39. The molecule has 3 aliphatic carbocycles. The zero-order chi connectivity index (χ0) is 57.5. The van der Waals surface area contributed by atoms with Gasteiger partial charge in [-0.2, -0.15) is 0 Å². The highest BCUT2D eigenvalue weighted by atomic mass is 19.3. The first-order valence-electron chi connectivity index (χ1n) is 28.1. The molecule has 0 bridgehead atoms. The second kappa shape index (κ2) is 31.9. The second-order valence-corrected chi connectivity index (χ2v) is 22.5. The number of carbonyl (C=O) groups is 6. The molecule has 11 nitrogen and oxygen atoms in total. The highest BCUT2D eigenvalue weighted by molar-refractivity contribution is 5.84. The van der Waals surface area contributed by atoms with Crippen LogP contribution in [0.15, 0.2) is 91.0 Å². The first-order valence-corrected chi connectivity index (χ1v) is 28.1. The molecule has 0 saturated heterocycles. The molecule has 4 amide bonds. The monoisotopic (exact) mass is 1100 g/mol. The smallest absolute Gasteiger partial charge is 0.248 e. The number of Topliss-reactive ketones (excluding diaryl/α,β-unsaturated/α-hetero) is 2. The number of nitrogens with one attached hydrogen (secondary N) is 5. The number of hydrogen-bond donors (Lipinski definition) is 5. The lowest BCUT2D eigenvalue weighted by molar-refractivity contribution is -0.131. The van der Waals surface area contributed by atoms with Crippen LogP contribution in [0.2, 0.25) is 0 Å². The molecule has 5 N–H and O–H groups in total. The van der Waals surface area contributed by atoms with Crippen molar-refractivity contribution >= 4 is 35.2 Å². The number of halogens is 6. The number of rotatable bonds is 23. The summed E-state index contributed by atoms with van der Waals surface area (Å²) in [6.07, 6.45) is 1.74. The van der Waals surface area contributed by atoms with Crippen molar-refractivity contribution in [2.75, 3.05) is 19.6 Å². The molecule has 0 radical (unpaired) electrons. The molecule has 3 atom stereocenters. The molecule has 78 heavy (non-hydrogen) atoms. The summed E-state index contributed by atoms with van der Waals surface area (Å²) in [5, 5.41) is 15.0. The van der Waals surface area contributed by atoms with E-state index >= 15 is 0 Å². The summed E-state index contributed by atoms with van der Waals surface area (Å²) in [6.45, 7) is 12.7. The summed E-state index contributed by atoms with van der Waals surface area (Å²) in [7, 11) is 0. The molecule has 3 fully saturated rings. The van der Waals surface area contributed by atoms with Crippen LogP contribution in [0.4, 0.5) is 26.3 Å². The predicted molar refractivity (Wildman–Crippen MR) is 292 cm³/mol. The summed E-state index contributed by atoms with van der Waals surface area (Å²) in [5.74, 6) is -9.21.